The number of allylic oxidation sites excluding steroid dienone is 2. The lowest BCUT2D eigenvalue weighted by Gasteiger charge is -1.94. The largest absolute Gasteiger partial charge is 0.267 e. The van der Waals surface area contributed by atoms with Crippen LogP contribution in [0.2, 0.25) is 5.02 Å². The number of rotatable bonds is 2. The van der Waals surface area contributed by atoms with Gasteiger partial charge in [0, 0.05) is 6.20 Å². The molecule has 3 heteroatoms. The molecule has 0 spiro atoms. The lowest BCUT2D eigenvalue weighted by Crippen LogP contribution is -1.94. The Morgan fingerprint density at radius 1 is 1.73 bits per heavy atom. The van der Waals surface area contributed by atoms with Crippen LogP contribution in [-0.4, -0.2) is 9.78 Å². The van der Waals surface area contributed by atoms with Crippen molar-refractivity contribution < 1.29 is 0 Å². The number of halogens is 1. The first-order chi connectivity index (χ1) is 5.18. The second-order valence-electron chi connectivity index (χ2n) is 2.66. The topological polar surface area (TPSA) is 17.8 Å². The van der Waals surface area contributed by atoms with Gasteiger partial charge in [-0.15, -0.1) is 0 Å². The molecule has 0 aliphatic rings. The van der Waals surface area contributed by atoms with E-state index < -0.39 is 0 Å². The molecule has 0 saturated heterocycles. The Hall–Kier alpha value is -0.760. The lowest BCUT2D eigenvalue weighted by atomic mass is 10.3. The van der Waals surface area contributed by atoms with Crippen LogP contribution >= 0.6 is 11.6 Å². The van der Waals surface area contributed by atoms with Crippen molar-refractivity contribution in [1.82, 2.24) is 9.78 Å². The summed E-state index contributed by atoms with van der Waals surface area (Å²) >= 11 is 5.67. The van der Waals surface area contributed by atoms with Crippen molar-refractivity contribution in [1.29, 1.82) is 0 Å². The quantitative estimate of drug-likeness (QED) is 0.624. The number of hydrogen-bond acceptors (Lipinski definition) is 1. The minimum absolute atomic E-state index is 0.687. The Balaban J connectivity index is 2.58. The van der Waals surface area contributed by atoms with E-state index in [0.717, 1.165) is 6.54 Å². The van der Waals surface area contributed by atoms with Gasteiger partial charge in [0.15, 0.2) is 0 Å². The third-order valence-corrected chi connectivity index (χ3v) is 1.48. The van der Waals surface area contributed by atoms with Crippen LogP contribution in [0, 0.1) is 0 Å². The summed E-state index contributed by atoms with van der Waals surface area (Å²) in [5.41, 5.74) is 1.29. The van der Waals surface area contributed by atoms with Gasteiger partial charge in [0.05, 0.1) is 17.8 Å². The minimum Gasteiger partial charge on any atom is -0.267 e. The molecule has 0 saturated carbocycles. The molecule has 11 heavy (non-hydrogen) atoms. The second kappa shape index (κ2) is 3.58. The summed E-state index contributed by atoms with van der Waals surface area (Å²) in [5, 5.41) is 4.72. The zero-order valence-corrected chi connectivity index (χ0v) is 7.47. The monoisotopic (exact) mass is 170 g/mol. The average Bonchev–Trinajstić information content (AvgIpc) is 2.31. The van der Waals surface area contributed by atoms with Gasteiger partial charge in [-0.3, -0.25) is 4.68 Å². The van der Waals surface area contributed by atoms with Gasteiger partial charge in [0.1, 0.15) is 0 Å². The van der Waals surface area contributed by atoms with Crippen molar-refractivity contribution in [2.45, 2.75) is 20.4 Å². The molecular weight excluding hydrogens is 160 g/mol. The fraction of sp³-hybridized carbons (Fsp3) is 0.375. The van der Waals surface area contributed by atoms with E-state index in [1.54, 1.807) is 17.1 Å². The van der Waals surface area contributed by atoms with Crippen molar-refractivity contribution in [2.24, 2.45) is 0 Å². The van der Waals surface area contributed by atoms with Crippen molar-refractivity contribution in [3.8, 4) is 0 Å². The summed E-state index contributed by atoms with van der Waals surface area (Å²) in [4.78, 5) is 0. The molecule has 0 aliphatic carbocycles. The normalized spacial score (nSPS) is 9.73. The van der Waals surface area contributed by atoms with E-state index in [4.69, 9.17) is 11.6 Å². The van der Waals surface area contributed by atoms with Gasteiger partial charge in [0.2, 0.25) is 0 Å². The van der Waals surface area contributed by atoms with Gasteiger partial charge < -0.3 is 0 Å². The van der Waals surface area contributed by atoms with Gasteiger partial charge in [-0.25, -0.2) is 0 Å². The van der Waals surface area contributed by atoms with Crippen LogP contribution in [0.3, 0.4) is 0 Å². The fourth-order valence-electron chi connectivity index (χ4n) is 0.714. The van der Waals surface area contributed by atoms with Crippen LogP contribution in [0.25, 0.3) is 0 Å². The predicted octanol–water partition coefficient (Wildman–Crippen LogP) is 2.50. The molecule has 0 fully saturated rings. The third kappa shape index (κ3) is 2.76. The molecule has 1 aromatic rings. The van der Waals surface area contributed by atoms with E-state index in [2.05, 4.69) is 25.0 Å². The smallest absolute Gasteiger partial charge is 0.0785 e. The molecule has 1 heterocycles. The summed E-state index contributed by atoms with van der Waals surface area (Å²) in [6.45, 7) is 4.92. The Morgan fingerprint density at radius 2 is 2.45 bits per heavy atom. The highest BCUT2D eigenvalue weighted by Gasteiger charge is 1.91. The van der Waals surface area contributed by atoms with Crippen LogP contribution in [0.5, 0.6) is 0 Å². The van der Waals surface area contributed by atoms with Gasteiger partial charge in [-0.1, -0.05) is 23.3 Å². The van der Waals surface area contributed by atoms with Crippen LogP contribution < -0.4 is 0 Å². The maximum Gasteiger partial charge on any atom is 0.0785 e. The first kappa shape index (κ1) is 8.34. The second-order valence-corrected chi connectivity index (χ2v) is 3.10. The number of nitrogens with zero attached hydrogens (tertiary/aromatic N) is 2. The number of aromatic nitrogens is 2. The molecular formula is C8H11ClN2. The van der Waals surface area contributed by atoms with Crippen molar-refractivity contribution in [3.05, 3.63) is 29.1 Å². The Kier molecular flexibility index (Phi) is 2.71. The standard InChI is InChI=1S/C8H11ClN2/c1-7(2)3-4-11-6-8(9)5-10-11/h3,5-6H,4H2,1-2H3. The maximum absolute atomic E-state index is 5.67. The van der Waals surface area contributed by atoms with Crippen molar-refractivity contribution in [2.75, 3.05) is 0 Å². The van der Waals surface area contributed by atoms with Crippen molar-refractivity contribution in [3.63, 3.8) is 0 Å². The lowest BCUT2D eigenvalue weighted by molar-refractivity contribution is 0.699. The van der Waals surface area contributed by atoms with E-state index >= 15 is 0 Å². The zero-order chi connectivity index (χ0) is 8.27. The highest BCUT2D eigenvalue weighted by Crippen LogP contribution is 2.04. The van der Waals surface area contributed by atoms with Crippen LogP contribution in [-0.2, 0) is 6.54 Å². The summed E-state index contributed by atoms with van der Waals surface area (Å²) in [6.07, 6.45) is 5.55. The number of hydrogen-bond donors (Lipinski definition) is 0. The van der Waals surface area contributed by atoms with Gasteiger partial charge in [-0.2, -0.15) is 5.10 Å². The SMILES string of the molecule is CC(C)=CCn1cc(Cl)cn1. The van der Waals surface area contributed by atoms with E-state index in [-0.39, 0.29) is 0 Å². The molecule has 2 nitrogen and oxygen atoms in total. The van der Waals surface area contributed by atoms with E-state index in [9.17, 15) is 0 Å². The molecule has 0 bridgehead atoms. The first-order valence-electron chi connectivity index (χ1n) is 3.50. The van der Waals surface area contributed by atoms with Crippen LogP contribution in [0.4, 0.5) is 0 Å². The molecule has 0 aromatic carbocycles. The van der Waals surface area contributed by atoms with E-state index in [1.807, 2.05) is 0 Å². The van der Waals surface area contributed by atoms with Gasteiger partial charge in [0.25, 0.3) is 0 Å². The Bertz CT molecular complexity index is 259. The average molecular weight is 171 g/mol. The summed E-state index contributed by atoms with van der Waals surface area (Å²) < 4.78 is 1.80. The van der Waals surface area contributed by atoms with Crippen molar-refractivity contribution >= 4 is 11.6 Å². The molecule has 60 valence electrons. The zero-order valence-electron chi connectivity index (χ0n) is 6.71. The molecule has 0 aliphatic heterocycles. The first-order valence-corrected chi connectivity index (χ1v) is 3.87. The van der Waals surface area contributed by atoms with Crippen LogP contribution in [0.1, 0.15) is 13.8 Å². The highest BCUT2D eigenvalue weighted by molar-refractivity contribution is 6.30. The molecule has 0 amide bonds. The summed E-state index contributed by atoms with van der Waals surface area (Å²) in [5.74, 6) is 0. The highest BCUT2D eigenvalue weighted by atomic mass is 35.5. The van der Waals surface area contributed by atoms with E-state index in [1.165, 1.54) is 5.57 Å². The van der Waals surface area contributed by atoms with Gasteiger partial charge in [-0.05, 0) is 13.8 Å². The van der Waals surface area contributed by atoms with Crippen LogP contribution in [0.15, 0.2) is 24.0 Å². The third-order valence-electron chi connectivity index (χ3n) is 1.29. The Labute approximate surface area is 71.5 Å². The Morgan fingerprint density at radius 3 is 2.91 bits per heavy atom. The molecule has 0 radical (unpaired) electrons. The maximum atomic E-state index is 5.67. The molecule has 0 N–H and O–H groups in total. The molecule has 1 rings (SSSR count). The summed E-state index contributed by atoms with van der Waals surface area (Å²) in [6, 6.07) is 0. The minimum atomic E-state index is 0.687. The van der Waals surface area contributed by atoms with E-state index in [0.29, 0.717) is 5.02 Å². The molecule has 0 atom stereocenters. The summed E-state index contributed by atoms with van der Waals surface area (Å²) in [7, 11) is 0. The fourth-order valence-corrected chi connectivity index (χ4v) is 0.871. The van der Waals surface area contributed by atoms with Gasteiger partial charge >= 0.3 is 0 Å². The molecule has 0 unspecified atom stereocenters. The predicted molar refractivity (Wildman–Crippen MR) is 46.7 cm³/mol. The molecule has 1 aromatic heterocycles.